The molecule has 0 aliphatic rings. The third kappa shape index (κ3) is 5.39. The van der Waals surface area contributed by atoms with E-state index in [1.807, 2.05) is 49.6 Å². The lowest BCUT2D eigenvalue weighted by atomic mass is 10.1. The summed E-state index contributed by atoms with van der Waals surface area (Å²) in [5.74, 6) is 2.32. The van der Waals surface area contributed by atoms with E-state index in [1.54, 1.807) is 23.1 Å². The molecule has 22 heavy (non-hydrogen) atoms. The largest absolute Gasteiger partial charge is 0.492 e. The Labute approximate surface area is 140 Å². The average molecular weight is 335 g/mol. The molecule has 1 aromatic carbocycles. The summed E-state index contributed by atoms with van der Waals surface area (Å²) in [6.07, 6.45) is 0. The first-order valence-corrected chi connectivity index (χ1v) is 9.26. The number of rotatable bonds is 8. The van der Waals surface area contributed by atoms with Crippen molar-refractivity contribution in [3.8, 4) is 5.75 Å². The maximum atomic E-state index is 11.7. The van der Waals surface area contributed by atoms with Crippen molar-refractivity contribution in [2.75, 3.05) is 18.1 Å². The number of benzene rings is 1. The van der Waals surface area contributed by atoms with E-state index < -0.39 is 0 Å². The highest BCUT2D eigenvalue weighted by atomic mass is 32.2. The highest BCUT2D eigenvalue weighted by Crippen LogP contribution is 2.22. The number of thiophene rings is 1. The molecular weight excluding hydrogens is 314 g/mol. The van der Waals surface area contributed by atoms with Crippen molar-refractivity contribution in [2.24, 2.45) is 0 Å². The normalized spacial score (nSPS) is 10.5. The Hall–Kier alpha value is -1.46. The van der Waals surface area contributed by atoms with Crippen LogP contribution in [0, 0.1) is 13.8 Å². The van der Waals surface area contributed by atoms with Crippen LogP contribution in [0.5, 0.6) is 5.75 Å². The lowest BCUT2D eigenvalue weighted by Gasteiger charge is -2.11. The maximum Gasteiger partial charge on any atom is 0.230 e. The average Bonchev–Trinajstić information content (AvgIpc) is 3.01. The van der Waals surface area contributed by atoms with Crippen LogP contribution < -0.4 is 10.1 Å². The van der Waals surface area contributed by atoms with Crippen LogP contribution in [0.1, 0.15) is 16.0 Å². The molecule has 1 aromatic heterocycles. The summed E-state index contributed by atoms with van der Waals surface area (Å²) in [5, 5.41) is 4.94. The van der Waals surface area contributed by atoms with Crippen LogP contribution in [-0.4, -0.2) is 24.0 Å². The summed E-state index contributed by atoms with van der Waals surface area (Å²) in [6.45, 7) is 5.34. The van der Waals surface area contributed by atoms with Crippen LogP contribution in [0.4, 0.5) is 0 Å². The summed E-state index contributed by atoms with van der Waals surface area (Å²) in [7, 11) is 0. The molecule has 0 bridgehead atoms. The Balaban J connectivity index is 1.60. The predicted octanol–water partition coefficient (Wildman–Crippen LogP) is 3.79. The van der Waals surface area contributed by atoms with Crippen molar-refractivity contribution in [1.82, 2.24) is 5.32 Å². The molecule has 0 spiro atoms. The monoisotopic (exact) mass is 335 g/mol. The number of para-hydroxylation sites is 1. The van der Waals surface area contributed by atoms with Gasteiger partial charge in [0.15, 0.2) is 0 Å². The Kier molecular flexibility index (Phi) is 6.80. The van der Waals surface area contributed by atoms with E-state index in [9.17, 15) is 4.79 Å². The zero-order valence-corrected chi connectivity index (χ0v) is 14.6. The number of hydrogen-bond acceptors (Lipinski definition) is 4. The third-order valence-electron chi connectivity index (χ3n) is 3.16. The molecule has 0 saturated heterocycles. The highest BCUT2D eigenvalue weighted by Gasteiger charge is 2.04. The van der Waals surface area contributed by atoms with Crippen LogP contribution in [0.25, 0.3) is 0 Å². The molecule has 0 atom stereocenters. The number of nitrogens with one attached hydrogen (secondary N) is 1. The standard InChI is InChI=1S/C17H21NO2S2/c1-13-5-3-6-14(2)17(13)20-8-10-21-12-16(19)18-11-15-7-4-9-22-15/h3-7,9H,8,10-12H2,1-2H3,(H,18,19). The first-order valence-electron chi connectivity index (χ1n) is 7.22. The fourth-order valence-electron chi connectivity index (χ4n) is 2.04. The van der Waals surface area contributed by atoms with Crippen molar-refractivity contribution in [1.29, 1.82) is 0 Å². The van der Waals surface area contributed by atoms with Gasteiger partial charge in [-0.05, 0) is 36.4 Å². The van der Waals surface area contributed by atoms with Crippen LogP contribution in [0.3, 0.4) is 0 Å². The molecule has 0 unspecified atom stereocenters. The van der Waals surface area contributed by atoms with Crippen LogP contribution >= 0.6 is 23.1 Å². The second-order valence-corrected chi connectivity index (χ2v) is 7.12. The van der Waals surface area contributed by atoms with Gasteiger partial charge in [0.25, 0.3) is 0 Å². The van der Waals surface area contributed by atoms with Crippen LogP contribution in [0.15, 0.2) is 35.7 Å². The van der Waals surface area contributed by atoms with Crippen LogP contribution in [0.2, 0.25) is 0 Å². The molecule has 1 heterocycles. The molecule has 0 radical (unpaired) electrons. The van der Waals surface area contributed by atoms with Crippen molar-refractivity contribution >= 4 is 29.0 Å². The summed E-state index contributed by atoms with van der Waals surface area (Å²) >= 11 is 3.25. The van der Waals surface area contributed by atoms with Crippen molar-refractivity contribution in [2.45, 2.75) is 20.4 Å². The number of thioether (sulfide) groups is 1. The molecule has 118 valence electrons. The Morgan fingerprint density at radius 2 is 2.00 bits per heavy atom. The quantitative estimate of drug-likeness (QED) is 0.746. The van der Waals surface area contributed by atoms with E-state index in [1.165, 1.54) is 4.88 Å². The van der Waals surface area contributed by atoms with E-state index in [4.69, 9.17) is 4.74 Å². The van der Waals surface area contributed by atoms with Gasteiger partial charge < -0.3 is 10.1 Å². The minimum Gasteiger partial charge on any atom is -0.492 e. The lowest BCUT2D eigenvalue weighted by Crippen LogP contribution is -2.24. The molecule has 1 amide bonds. The van der Waals surface area contributed by atoms with E-state index in [0.717, 1.165) is 22.6 Å². The minimum absolute atomic E-state index is 0.0745. The first-order chi connectivity index (χ1) is 10.7. The summed E-state index contributed by atoms with van der Waals surface area (Å²) in [4.78, 5) is 12.9. The van der Waals surface area contributed by atoms with Gasteiger partial charge in [-0.3, -0.25) is 4.79 Å². The van der Waals surface area contributed by atoms with Crippen molar-refractivity contribution in [3.63, 3.8) is 0 Å². The van der Waals surface area contributed by atoms with Gasteiger partial charge >= 0.3 is 0 Å². The van der Waals surface area contributed by atoms with E-state index in [2.05, 4.69) is 5.32 Å². The summed E-state index contributed by atoms with van der Waals surface area (Å²) < 4.78 is 5.82. The molecule has 1 N–H and O–H groups in total. The topological polar surface area (TPSA) is 38.3 Å². The van der Waals surface area contributed by atoms with Crippen molar-refractivity contribution in [3.05, 3.63) is 51.7 Å². The number of carbonyl (C=O) groups excluding carboxylic acids is 1. The van der Waals surface area contributed by atoms with Gasteiger partial charge in [0.05, 0.1) is 18.9 Å². The zero-order valence-electron chi connectivity index (χ0n) is 12.9. The van der Waals surface area contributed by atoms with Gasteiger partial charge in [-0.25, -0.2) is 0 Å². The van der Waals surface area contributed by atoms with Gasteiger partial charge in [-0.15, -0.1) is 23.1 Å². The molecule has 2 rings (SSSR count). The highest BCUT2D eigenvalue weighted by molar-refractivity contribution is 7.99. The first kappa shape index (κ1) is 16.9. The minimum atomic E-state index is 0.0745. The Bertz CT molecular complexity index is 576. The molecular formula is C17H21NO2S2. The molecule has 5 heteroatoms. The summed E-state index contributed by atoms with van der Waals surface area (Å²) in [6, 6.07) is 10.1. The smallest absolute Gasteiger partial charge is 0.230 e. The molecule has 3 nitrogen and oxygen atoms in total. The van der Waals surface area contributed by atoms with E-state index in [0.29, 0.717) is 18.9 Å². The van der Waals surface area contributed by atoms with Gasteiger partial charge in [-0.2, -0.15) is 0 Å². The van der Waals surface area contributed by atoms with Gasteiger partial charge in [-0.1, -0.05) is 24.3 Å². The second kappa shape index (κ2) is 8.86. The summed E-state index contributed by atoms with van der Waals surface area (Å²) in [5.41, 5.74) is 2.30. The van der Waals surface area contributed by atoms with Gasteiger partial charge in [0, 0.05) is 10.6 Å². The molecule has 0 aliphatic heterocycles. The molecule has 2 aromatic rings. The van der Waals surface area contributed by atoms with Gasteiger partial charge in [0.2, 0.25) is 5.91 Å². The second-order valence-electron chi connectivity index (χ2n) is 4.98. The third-order valence-corrected chi connectivity index (χ3v) is 4.95. The zero-order chi connectivity index (χ0) is 15.8. The van der Waals surface area contributed by atoms with Gasteiger partial charge in [0.1, 0.15) is 5.75 Å². The van der Waals surface area contributed by atoms with Crippen LogP contribution in [-0.2, 0) is 11.3 Å². The number of aryl methyl sites for hydroxylation is 2. The van der Waals surface area contributed by atoms with E-state index in [-0.39, 0.29) is 5.91 Å². The number of ether oxygens (including phenoxy) is 1. The predicted molar refractivity (Wildman–Crippen MR) is 94.9 cm³/mol. The van der Waals surface area contributed by atoms with Crippen molar-refractivity contribution < 1.29 is 9.53 Å². The number of hydrogen-bond donors (Lipinski definition) is 1. The number of carbonyl (C=O) groups is 1. The molecule has 0 saturated carbocycles. The van der Waals surface area contributed by atoms with E-state index >= 15 is 0 Å². The fraction of sp³-hybridized carbons (Fsp3) is 0.353. The Morgan fingerprint density at radius 1 is 1.23 bits per heavy atom. The molecule has 0 fully saturated rings. The fourth-order valence-corrected chi connectivity index (χ4v) is 3.32. The molecule has 0 aliphatic carbocycles. The SMILES string of the molecule is Cc1cccc(C)c1OCCSCC(=O)NCc1cccs1. The Morgan fingerprint density at radius 3 is 2.68 bits per heavy atom. The lowest BCUT2D eigenvalue weighted by molar-refractivity contribution is -0.118. The maximum absolute atomic E-state index is 11.7. The number of amides is 1.